The van der Waals surface area contributed by atoms with Gasteiger partial charge in [0.05, 0.1) is 5.54 Å². The molecule has 3 rings (SSSR count). The average Bonchev–Trinajstić information content (AvgIpc) is 2.80. The fourth-order valence-corrected chi connectivity index (χ4v) is 3.04. The lowest BCUT2D eigenvalue weighted by molar-refractivity contribution is -0.116. The Balaban J connectivity index is 2.08. The molecule has 3 heteroatoms. The summed E-state index contributed by atoms with van der Waals surface area (Å²) >= 11 is 0. The van der Waals surface area contributed by atoms with Gasteiger partial charge in [-0.25, -0.2) is 5.43 Å². The summed E-state index contributed by atoms with van der Waals surface area (Å²) in [4.78, 5) is 12.1. The van der Waals surface area contributed by atoms with E-state index in [2.05, 4.69) is 48.1 Å². The molecule has 23 heavy (non-hydrogen) atoms. The van der Waals surface area contributed by atoms with Crippen LogP contribution in [0.1, 0.15) is 44.7 Å². The number of rotatable bonds is 4. The van der Waals surface area contributed by atoms with Crippen molar-refractivity contribution in [3.8, 4) is 0 Å². The Bertz CT molecular complexity index is 774. The SMILES string of the molecule is CCCCc1ccc2cccc(/C=C3\C(=O)NNC3(C)C)c2c1. The minimum atomic E-state index is -0.362. The zero-order valence-corrected chi connectivity index (χ0v) is 14.1. The van der Waals surface area contributed by atoms with Gasteiger partial charge < -0.3 is 0 Å². The van der Waals surface area contributed by atoms with Crippen LogP contribution in [0.2, 0.25) is 0 Å². The lowest BCUT2D eigenvalue weighted by Crippen LogP contribution is -2.38. The highest BCUT2D eigenvalue weighted by atomic mass is 16.2. The summed E-state index contributed by atoms with van der Waals surface area (Å²) in [6, 6.07) is 12.9. The molecule has 1 fully saturated rings. The Morgan fingerprint density at radius 1 is 1.17 bits per heavy atom. The first-order valence-electron chi connectivity index (χ1n) is 8.32. The Morgan fingerprint density at radius 2 is 2.00 bits per heavy atom. The van der Waals surface area contributed by atoms with Gasteiger partial charge in [-0.1, -0.05) is 49.7 Å². The monoisotopic (exact) mass is 308 g/mol. The van der Waals surface area contributed by atoms with E-state index in [1.54, 1.807) is 0 Å². The molecule has 2 N–H and O–H groups in total. The van der Waals surface area contributed by atoms with Crippen LogP contribution >= 0.6 is 0 Å². The van der Waals surface area contributed by atoms with E-state index in [-0.39, 0.29) is 11.4 Å². The molecule has 0 aromatic heterocycles. The molecule has 1 saturated heterocycles. The summed E-state index contributed by atoms with van der Waals surface area (Å²) < 4.78 is 0. The van der Waals surface area contributed by atoms with E-state index in [0.29, 0.717) is 0 Å². The third-order valence-electron chi connectivity index (χ3n) is 4.51. The number of hydrogen-bond acceptors (Lipinski definition) is 2. The van der Waals surface area contributed by atoms with Gasteiger partial charge in [0.25, 0.3) is 5.91 Å². The molecule has 1 aliphatic rings. The molecule has 0 aliphatic carbocycles. The smallest absolute Gasteiger partial charge is 0.263 e. The number of amides is 1. The number of hydrogen-bond donors (Lipinski definition) is 2. The third kappa shape index (κ3) is 3.15. The molecule has 2 aromatic rings. The summed E-state index contributed by atoms with van der Waals surface area (Å²) in [6.07, 6.45) is 5.52. The number of benzene rings is 2. The van der Waals surface area contributed by atoms with Crippen LogP contribution < -0.4 is 10.9 Å². The van der Waals surface area contributed by atoms with Crippen LogP contribution in [0.4, 0.5) is 0 Å². The van der Waals surface area contributed by atoms with Gasteiger partial charge in [-0.05, 0) is 54.7 Å². The average molecular weight is 308 g/mol. The van der Waals surface area contributed by atoms with Crippen LogP contribution in [0.5, 0.6) is 0 Å². The van der Waals surface area contributed by atoms with Gasteiger partial charge in [0.1, 0.15) is 0 Å². The maximum absolute atomic E-state index is 12.1. The Kier molecular flexibility index (Phi) is 4.22. The van der Waals surface area contributed by atoms with Crippen molar-refractivity contribution in [1.29, 1.82) is 0 Å². The molecule has 0 spiro atoms. The third-order valence-corrected chi connectivity index (χ3v) is 4.51. The number of carbonyl (C=O) groups is 1. The Hall–Kier alpha value is -2.13. The van der Waals surface area contributed by atoms with Crippen molar-refractivity contribution in [1.82, 2.24) is 10.9 Å². The zero-order valence-electron chi connectivity index (χ0n) is 14.1. The van der Waals surface area contributed by atoms with Gasteiger partial charge in [-0.3, -0.25) is 10.2 Å². The van der Waals surface area contributed by atoms with E-state index < -0.39 is 0 Å². The van der Waals surface area contributed by atoms with Gasteiger partial charge in [-0.15, -0.1) is 0 Å². The van der Waals surface area contributed by atoms with Crippen LogP contribution in [0.25, 0.3) is 16.8 Å². The Morgan fingerprint density at radius 3 is 2.70 bits per heavy atom. The molecule has 1 aliphatic heterocycles. The number of fused-ring (bicyclic) bond motifs is 1. The molecule has 0 bridgehead atoms. The topological polar surface area (TPSA) is 41.1 Å². The number of unbranched alkanes of at least 4 members (excludes halogenated alkanes) is 1. The van der Waals surface area contributed by atoms with Crippen molar-refractivity contribution in [2.24, 2.45) is 0 Å². The van der Waals surface area contributed by atoms with Gasteiger partial charge in [0, 0.05) is 5.57 Å². The van der Waals surface area contributed by atoms with Crippen molar-refractivity contribution >= 4 is 22.8 Å². The lowest BCUT2D eigenvalue weighted by atomic mass is 9.92. The molecule has 2 aromatic carbocycles. The molecule has 3 nitrogen and oxygen atoms in total. The number of hydrazine groups is 1. The predicted molar refractivity (Wildman–Crippen MR) is 95.9 cm³/mol. The van der Waals surface area contributed by atoms with Crippen LogP contribution in [0.15, 0.2) is 42.0 Å². The van der Waals surface area contributed by atoms with Gasteiger partial charge >= 0.3 is 0 Å². The second-order valence-corrected chi connectivity index (χ2v) is 6.77. The van der Waals surface area contributed by atoms with E-state index >= 15 is 0 Å². The highest BCUT2D eigenvalue weighted by molar-refractivity contribution is 6.04. The summed E-state index contributed by atoms with van der Waals surface area (Å²) in [6.45, 7) is 6.23. The van der Waals surface area contributed by atoms with E-state index in [1.165, 1.54) is 29.2 Å². The van der Waals surface area contributed by atoms with E-state index in [9.17, 15) is 4.79 Å². The fourth-order valence-electron chi connectivity index (χ4n) is 3.04. The molecule has 0 unspecified atom stereocenters. The Labute approximate surface area is 137 Å². The summed E-state index contributed by atoms with van der Waals surface area (Å²) in [7, 11) is 0. The first-order valence-corrected chi connectivity index (χ1v) is 8.32. The zero-order chi connectivity index (χ0) is 16.4. The van der Waals surface area contributed by atoms with Crippen LogP contribution in [-0.4, -0.2) is 11.4 Å². The molecule has 1 amide bonds. The molecular weight excluding hydrogens is 284 g/mol. The predicted octanol–water partition coefficient (Wildman–Crippen LogP) is 3.98. The molecule has 1 heterocycles. The van der Waals surface area contributed by atoms with Gasteiger partial charge in [0.2, 0.25) is 0 Å². The normalized spacial score (nSPS) is 18.6. The first-order chi connectivity index (χ1) is 11.0. The van der Waals surface area contributed by atoms with Gasteiger partial charge in [0.15, 0.2) is 0 Å². The molecule has 0 atom stereocenters. The highest BCUT2D eigenvalue weighted by Crippen LogP contribution is 2.27. The largest absolute Gasteiger partial charge is 0.287 e. The minimum Gasteiger partial charge on any atom is -0.287 e. The highest BCUT2D eigenvalue weighted by Gasteiger charge is 2.34. The number of aryl methyl sites for hydroxylation is 1. The maximum atomic E-state index is 12.1. The van der Waals surface area contributed by atoms with Gasteiger partial charge in [-0.2, -0.15) is 0 Å². The quantitative estimate of drug-likeness (QED) is 0.839. The summed E-state index contributed by atoms with van der Waals surface area (Å²) in [5, 5.41) is 2.42. The van der Waals surface area contributed by atoms with Crippen molar-refractivity contribution in [2.45, 2.75) is 45.6 Å². The standard InChI is InChI=1S/C20H24N2O/c1-4-5-7-14-10-11-15-8-6-9-16(17(15)12-14)13-18-19(23)21-22-20(18,2)3/h6,8-13,22H,4-5,7H2,1-3H3,(H,21,23)/b18-13+. The molecule has 0 radical (unpaired) electrons. The van der Waals surface area contributed by atoms with Crippen molar-refractivity contribution in [2.75, 3.05) is 0 Å². The van der Waals surface area contributed by atoms with E-state index in [0.717, 1.165) is 17.6 Å². The number of carbonyl (C=O) groups excluding carboxylic acids is 1. The first kappa shape index (κ1) is 15.8. The summed E-state index contributed by atoms with van der Waals surface area (Å²) in [5.41, 5.74) is 8.61. The maximum Gasteiger partial charge on any atom is 0.263 e. The van der Waals surface area contributed by atoms with E-state index in [4.69, 9.17) is 0 Å². The second-order valence-electron chi connectivity index (χ2n) is 6.77. The molecular formula is C20H24N2O. The molecule has 0 saturated carbocycles. The minimum absolute atomic E-state index is 0.0471. The second kappa shape index (κ2) is 6.17. The lowest BCUT2D eigenvalue weighted by Gasteiger charge is -2.17. The van der Waals surface area contributed by atoms with Crippen molar-refractivity contribution in [3.63, 3.8) is 0 Å². The fraction of sp³-hybridized carbons (Fsp3) is 0.350. The van der Waals surface area contributed by atoms with E-state index in [1.807, 2.05) is 26.0 Å². The van der Waals surface area contributed by atoms with Crippen LogP contribution in [-0.2, 0) is 11.2 Å². The van der Waals surface area contributed by atoms with Crippen molar-refractivity contribution < 1.29 is 4.79 Å². The number of nitrogens with one attached hydrogen (secondary N) is 2. The summed E-state index contributed by atoms with van der Waals surface area (Å²) in [5.74, 6) is -0.0471. The van der Waals surface area contributed by atoms with Crippen LogP contribution in [0.3, 0.4) is 0 Å². The van der Waals surface area contributed by atoms with Crippen molar-refractivity contribution in [3.05, 3.63) is 53.1 Å². The van der Waals surface area contributed by atoms with Crippen LogP contribution in [0, 0.1) is 0 Å². The molecule has 120 valence electrons.